The number of carbonyl (C=O) groups is 1. The summed E-state index contributed by atoms with van der Waals surface area (Å²) in [4.78, 5) is 17.9. The summed E-state index contributed by atoms with van der Waals surface area (Å²) in [5.41, 5.74) is 2.01. The van der Waals surface area contributed by atoms with Crippen molar-refractivity contribution < 1.29 is 9.90 Å². The molecule has 0 aromatic heterocycles. The third kappa shape index (κ3) is 5.79. The number of benzene rings is 2. The third-order valence-electron chi connectivity index (χ3n) is 6.65. The summed E-state index contributed by atoms with van der Waals surface area (Å²) in [5, 5.41) is 9.84. The third-order valence-corrected chi connectivity index (χ3v) is 6.65. The number of amides is 1. The summed E-state index contributed by atoms with van der Waals surface area (Å²) in [6, 6.07) is 18.2. The van der Waals surface area contributed by atoms with Crippen LogP contribution in [-0.4, -0.2) is 59.1 Å². The highest BCUT2D eigenvalue weighted by Gasteiger charge is 2.42. The van der Waals surface area contributed by atoms with Gasteiger partial charge in [0.15, 0.2) is 0 Å². The molecule has 2 fully saturated rings. The van der Waals surface area contributed by atoms with Crippen LogP contribution in [0.4, 0.5) is 0 Å². The molecule has 2 aromatic carbocycles. The van der Waals surface area contributed by atoms with Crippen LogP contribution in [-0.2, 0) is 6.42 Å². The van der Waals surface area contributed by atoms with Gasteiger partial charge in [0.2, 0.25) is 0 Å². The molecule has 0 unspecified atom stereocenters. The van der Waals surface area contributed by atoms with Crippen LogP contribution in [0.25, 0.3) is 0 Å². The molecule has 0 bridgehead atoms. The zero-order valence-corrected chi connectivity index (χ0v) is 19.3. The van der Waals surface area contributed by atoms with Gasteiger partial charge in [0.1, 0.15) is 5.60 Å². The monoisotopic (exact) mass is 430 g/mol. The van der Waals surface area contributed by atoms with Gasteiger partial charge < -0.3 is 14.9 Å². The van der Waals surface area contributed by atoms with Crippen LogP contribution >= 0.6 is 0 Å². The fourth-order valence-corrected chi connectivity index (χ4v) is 5.01. The molecule has 168 valence electrons. The predicted octanol–water partition coefficient (Wildman–Crippen LogP) is 3.98. The average molecular weight is 431 g/mol. The quantitative estimate of drug-likeness (QED) is 0.747. The molecule has 2 aromatic rings. The number of carbonyl (C=O) groups excluding carboxylic acids is 1. The molecule has 1 amide bonds. The lowest BCUT2D eigenvalue weighted by atomic mass is 9.79. The Morgan fingerprint density at radius 3 is 2.66 bits per heavy atom. The highest BCUT2D eigenvalue weighted by atomic mass is 16.3. The van der Waals surface area contributed by atoms with E-state index in [-0.39, 0.29) is 11.3 Å². The zero-order chi connectivity index (χ0) is 22.6. The maximum Gasteiger partial charge on any atom is 0.253 e. The van der Waals surface area contributed by atoms with Gasteiger partial charge in [-0.05, 0) is 69.8 Å². The van der Waals surface area contributed by atoms with Crippen LogP contribution in [0.3, 0.4) is 0 Å². The van der Waals surface area contributed by atoms with Crippen LogP contribution < -0.4 is 0 Å². The van der Waals surface area contributed by atoms with Gasteiger partial charge in [0.25, 0.3) is 5.91 Å². The molecule has 0 radical (unpaired) electrons. The average Bonchev–Trinajstić information content (AvgIpc) is 3.19. The first-order valence-corrected chi connectivity index (χ1v) is 11.7. The molecular weight excluding hydrogens is 396 g/mol. The van der Waals surface area contributed by atoms with E-state index < -0.39 is 5.60 Å². The standard InChI is InChI=1S/C28H34N2O2/c1-27(2,32)15-12-24-10-6-11-25(20-24)26(31)30-19-16-28(22-30)14-7-17-29(21-28)18-13-23-8-4-3-5-9-23/h3-6,8-11,20,32H,7,13-14,16-19,21-22H2,1-2H3/t28-/m0/s1. The van der Waals surface area contributed by atoms with E-state index in [1.54, 1.807) is 13.8 Å². The predicted molar refractivity (Wildman–Crippen MR) is 128 cm³/mol. The second-order valence-corrected chi connectivity index (χ2v) is 9.98. The van der Waals surface area contributed by atoms with Crippen molar-refractivity contribution in [3.8, 4) is 11.8 Å². The first-order valence-electron chi connectivity index (χ1n) is 11.7. The van der Waals surface area contributed by atoms with E-state index in [0.29, 0.717) is 5.56 Å². The summed E-state index contributed by atoms with van der Waals surface area (Å²) in [6.07, 6.45) is 4.57. The van der Waals surface area contributed by atoms with Crippen molar-refractivity contribution in [2.45, 2.75) is 45.1 Å². The minimum atomic E-state index is -1.05. The summed E-state index contributed by atoms with van der Waals surface area (Å²) in [6.45, 7) is 8.31. The van der Waals surface area contributed by atoms with Crippen molar-refractivity contribution in [3.63, 3.8) is 0 Å². The van der Waals surface area contributed by atoms with Gasteiger partial charge in [-0.2, -0.15) is 0 Å². The maximum absolute atomic E-state index is 13.2. The minimum absolute atomic E-state index is 0.0928. The van der Waals surface area contributed by atoms with E-state index in [4.69, 9.17) is 0 Å². The SMILES string of the molecule is CC(C)(O)C#Cc1cccc(C(=O)N2CC[C@]3(CCCN(CCc4ccccc4)C3)C2)c1. The van der Waals surface area contributed by atoms with Crippen LogP contribution in [0.15, 0.2) is 54.6 Å². The van der Waals surface area contributed by atoms with E-state index >= 15 is 0 Å². The first-order chi connectivity index (χ1) is 15.3. The van der Waals surface area contributed by atoms with Gasteiger partial charge in [-0.1, -0.05) is 48.2 Å². The Labute approximate surface area is 192 Å². The maximum atomic E-state index is 13.2. The number of nitrogens with zero attached hydrogens (tertiary/aromatic N) is 2. The molecule has 2 aliphatic rings. The first kappa shape index (κ1) is 22.6. The van der Waals surface area contributed by atoms with Crippen molar-refractivity contribution in [1.82, 2.24) is 9.80 Å². The van der Waals surface area contributed by atoms with E-state index in [2.05, 4.69) is 47.1 Å². The second kappa shape index (κ2) is 9.48. The Bertz CT molecular complexity index is 999. The summed E-state index contributed by atoms with van der Waals surface area (Å²) in [7, 11) is 0. The molecule has 2 heterocycles. The van der Waals surface area contributed by atoms with Crippen LogP contribution in [0.2, 0.25) is 0 Å². The molecular formula is C28H34N2O2. The number of rotatable bonds is 4. The van der Waals surface area contributed by atoms with E-state index in [1.807, 2.05) is 29.2 Å². The Morgan fingerprint density at radius 1 is 1.06 bits per heavy atom. The summed E-state index contributed by atoms with van der Waals surface area (Å²) in [5.74, 6) is 5.90. The van der Waals surface area contributed by atoms with Gasteiger partial charge in [-0.3, -0.25) is 4.79 Å². The topological polar surface area (TPSA) is 43.8 Å². The number of likely N-dealkylation sites (tertiary alicyclic amines) is 2. The Hall–Kier alpha value is -2.61. The van der Waals surface area contributed by atoms with Crippen molar-refractivity contribution >= 4 is 5.91 Å². The Morgan fingerprint density at radius 2 is 1.88 bits per heavy atom. The van der Waals surface area contributed by atoms with E-state index in [0.717, 1.165) is 51.1 Å². The summed E-state index contributed by atoms with van der Waals surface area (Å²) >= 11 is 0. The van der Waals surface area contributed by atoms with Gasteiger partial charge in [0, 0.05) is 42.7 Å². The zero-order valence-electron chi connectivity index (χ0n) is 19.3. The number of piperidine rings is 1. The minimum Gasteiger partial charge on any atom is -0.378 e. The van der Waals surface area contributed by atoms with Crippen molar-refractivity contribution in [2.24, 2.45) is 5.41 Å². The largest absolute Gasteiger partial charge is 0.378 e. The Kier molecular flexibility index (Phi) is 6.69. The lowest BCUT2D eigenvalue weighted by molar-refractivity contribution is 0.0692. The fraction of sp³-hybridized carbons (Fsp3) is 0.464. The molecule has 2 aliphatic heterocycles. The van der Waals surface area contributed by atoms with Gasteiger partial charge in [-0.15, -0.1) is 0 Å². The highest BCUT2D eigenvalue weighted by molar-refractivity contribution is 5.94. The summed E-state index contributed by atoms with van der Waals surface area (Å²) < 4.78 is 0. The lowest BCUT2D eigenvalue weighted by Crippen LogP contribution is -2.46. The van der Waals surface area contributed by atoms with Gasteiger partial charge in [0.05, 0.1) is 0 Å². The molecule has 2 saturated heterocycles. The van der Waals surface area contributed by atoms with Crippen molar-refractivity contribution in [1.29, 1.82) is 0 Å². The number of hydrogen-bond donors (Lipinski definition) is 1. The van der Waals surface area contributed by atoms with E-state index in [9.17, 15) is 9.90 Å². The van der Waals surface area contributed by atoms with Crippen molar-refractivity contribution in [3.05, 3.63) is 71.3 Å². The van der Waals surface area contributed by atoms with Gasteiger partial charge >= 0.3 is 0 Å². The number of hydrogen-bond acceptors (Lipinski definition) is 3. The smallest absolute Gasteiger partial charge is 0.253 e. The molecule has 4 nitrogen and oxygen atoms in total. The molecule has 0 aliphatic carbocycles. The Balaban J connectivity index is 1.38. The highest BCUT2D eigenvalue weighted by Crippen LogP contribution is 2.39. The van der Waals surface area contributed by atoms with Crippen molar-refractivity contribution in [2.75, 3.05) is 32.7 Å². The van der Waals surface area contributed by atoms with Crippen LogP contribution in [0, 0.1) is 17.3 Å². The molecule has 4 heteroatoms. The second-order valence-electron chi connectivity index (χ2n) is 9.98. The number of aliphatic hydroxyl groups is 1. The molecule has 1 spiro atoms. The molecule has 32 heavy (non-hydrogen) atoms. The lowest BCUT2D eigenvalue weighted by Gasteiger charge is -2.40. The molecule has 4 rings (SSSR count). The van der Waals surface area contributed by atoms with Crippen LogP contribution in [0.1, 0.15) is 54.6 Å². The molecule has 1 atom stereocenters. The molecule has 1 N–H and O–H groups in total. The fourth-order valence-electron chi connectivity index (χ4n) is 5.01. The van der Waals surface area contributed by atoms with Crippen LogP contribution in [0.5, 0.6) is 0 Å². The molecule has 0 saturated carbocycles. The van der Waals surface area contributed by atoms with Gasteiger partial charge in [-0.25, -0.2) is 0 Å². The van der Waals surface area contributed by atoms with E-state index in [1.165, 1.54) is 18.4 Å². The normalized spacial score (nSPS) is 21.4.